The predicted octanol–water partition coefficient (Wildman–Crippen LogP) is 4.15. The Morgan fingerprint density at radius 3 is 2.58 bits per heavy atom. The van der Waals surface area contributed by atoms with Crippen molar-refractivity contribution < 1.29 is 9.53 Å². The quantitative estimate of drug-likeness (QED) is 0.542. The number of carbonyl (C=O) groups is 1. The molecular formula is C23H33N5O2S. The number of carbonyl (C=O) groups excluding carboxylic acids is 1. The first kappa shape index (κ1) is 22.1. The molecule has 7 nitrogen and oxygen atoms in total. The molecule has 1 aliphatic carbocycles. The maximum atomic E-state index is 12.7. The summed E-state index contributed by atoms with van der Waals surface area (Å²) in [5.74, 6) is 2.26. The van der Waals surface area contributed by atoms with Crippen LogP contribution in [0.15, 0.2) is 29.4 Å². The molecule has 0 atom stereocenters. The van der Waals surface area contributed by atoms with Gasteiger partial charge in [0.25, 0.3) is 0 Å². The fourth-order valence-corrected chi connectivity index (χ4v) is 5.48. The first-order chi connectivity index (χ1) is 15.2. The fourth-order valence-electron chi connectivity index (χ4n) is 4.64. The van der Waals surface area contributed by atoms with Crippen LogP contribution < -0.4 is 4.74 Å². The molecule has 1 aromatic heterocycles. The van der Waals surface area contributed by atoms with Gasteiger partial charge in [0.15, 0.2) is 0 Å². The van der Waals surface area contributed by atoms with Gasteiger partial charge in [0.1, 0.15) is 5.75 Å². The van der Waals surface area contributed by atoms with Gasteiger partial charge in [-0.1, -0.05) is 36.7 Å². The molecule has 1 aromatic carbocycles. The highest BCUT2D eigenvalue weighted by molar-refractivity contribution is 7.99. The number of benzene rings is 1. The molecule has 0 bridgehead atoms. The number of aryl methyl sites for hydroxylation is 1. The zero-order valence-corrected chi connectivity index (χ0v) is 19.2. The molecule has 168 valence electrons. The molecule has 8 heteroatoms. The smallest absolute Gasteiger partial charge is 0.233 e. The Morgan fingerprint density at radius 2 is 1.87 bits per heavy atom. The van der Waals surface area contributed by atoms with Gasteiger partial charge in [-0.2, -0.15) is 0 Å². The molecule has 31 heavy (non-hydrogen) atoms. The van der Waals surface area contributed by atoms with Crippen LogP contribution in [0.5, 0.6) is 5.75 Å². The van der Waals surface area contributed by atoms with E-state index in [0.717, 1.165) is 56.1 Å². The predicted molar refractivity (Wildman–Crippen MR) is 121 cm³/mol. The summed E-state index contributed by atoms with van der Waals surface area (Å²) < 4.78 is 7.44. The number of nitrogens with zero attached hydrogens (tertiary/aromatic N) is 5. The fraction of sp³-hybridized carbons (Fsp3) is 0.652. The van der Waals surface area contributed by atoms with Crippen LogP contribution in [-0.4, -0.2) is 56.5 Å². The van der Waals surface area contributed by atoms with Gasteiger partial charge < -0.3 is 9.64 Å². The normalized spacial score (nSPS) is 17.9. The minimum absolute atomic E-state index is 0.205. The van der Waals surface area contributed by atoms with Crippen LogP contribution in [0, 0.1) is 5.92 Å². The van der Waals surface area contributed by atoms with Gasteiger partial charge in [0.05, 0.1) is 18.4 Å². The Bertz CT molecular complexity index is 827. The molecule has 0 N–H and O–H groups in total. The largest absolute Gasteiger partial charge is 0.494 e. The van der Waals surface area contributed by atoms with E-state index < -0.39 is 0 Å². The standard InChI is InChI=1S/C23H33N5O2S/c1-2-30-21-11-9-18(10-12-21)7-8-19-13-15-27(16-14-19)22(29)17-31-23-24-25-26-28(23)20-5-3-4-6-20/h9-12,19-20H,2-8,13-17H2,1H3. The van der Waals surface area contributed by atoms with Crippen molar-refractivity contribution in [3.8, 4) is 5.75 Å². The molecule has 0 radical (unpaired) electrons. The number of thioether (sulfide) groups is 1. The number of piperidine rings is 1. The van der Waals surface area contributed by atoms with E-state index in [4.69, 9.17) is 4.74 Å². The van der Waals surface area contributed by atoms with E-state index in [1.807, 2.05) is 16.5 Å². The number of aromatic nitrogens is 4. The Labute approximate surface area is 188 Å². The number of amides is 1. The summed E-state index contributed by atoms with van der Waals surface area (Å²) in [6.45, 7) is 4.43. The maximum absolute atomic E-state index is 12.7. The Morgan fingerprint density at radius 1 is 1.13 bits per heavy atom. The summed E-state index contributed by atoms with van der Waals surface area (Å²) in [7, 11) is 0. The Kier molecular flexibility index (Phi) is 7.83. The van der Waals surface area contributed by atoms with Crippen LogP contribution in [0.3, 0.4) is 0 Å². The van der Waals surface area contributed by atoms with E-state index in [9.17, 15) is 4.79 Å². The lowest BCUT2D eigenvalue weighted by atomic mass is 9.90. The molecule has 1 saturated carbocycles. The minimum Gasteiger partial charge on any atom is -0.494 e. The summed E-state index contributed by atoms with van der Waals surface area (Å²) >= 11 is 1.48. The van der Waals surface area contributed by atoms with E-state index in [-0.39, 0.29) is 5.91 Å². The molecule has 0 unspecified atom stereocenters. The van der Waals surface area contributed by atoms with Crippen LogP contribution in [0.25, 0.3) is 0 Å². The second-order valence-electron chi connectivity index (χ2n) is 8.57. The number of hydrogen-bond donors (Lipinski definition) is 0. The second-order valence-corrected chi connectivity index (χ2v) is 9.52. The van der Waals surface area contributed by atoms with Gasteiger partial charge in [-0.25, -0.2) is 4.68 Å². The number of ether oxygens (including phenoxy) is 1. The van der Waals surface area contributed by atoms with Gasteiger partial charge >= 0.3 is 0 Å². The van der Waals surface area contributed by atoms with E-state index in [2.05, 4.69) is 39.8 Å². The highest BCUT2D eigenvalue weighted by Gasteiger charge is 2.25. The van der Waals surface area contributed by atoms with Gasteiger partial charge in [-0.3, -0.25) is 4.79 Å². The van der Waals surface area contributed by atoms with Gasteiger partial charge in [0.2, 0.25) is 11.1 Å². The number of tetrazole rings is 1. The average molecular weight is 444 g/mol. The van der Waals surface area contributed by atoms with Crippen molar-refractivity contribution in [3.05, 3.63) is 29.8 Å². The SMILES string of the molecule is CCOc1ccc(CCC2CCN(C(=O)CSc3nnnn3C3CCCC3)CC2)cc1. The zero-order valence-electron chi connectivity index (χ0n) is 18.4. The third-order valence-corrected chi connectivity index (χ3v) is 7.42. The lowest BCUT2D eigenvalue weighted by Gasteiger charge is -2.32. The summed E-state index contributed by atoms with van der Waals surface area (Å²) in [4.78, 5) is 14.7. The monoisotopic (exact) mass is 443 g/mol. The molecule has 2 aliphatic rings. The topological polar surface area (TPSA) is 73.1 Å². The molecular weight excluding hydrogens is 410 g/mol. The minimum atomic E-state index is 0.205. The van der Waals surface area contributed by atoms with Crippen molar-refractivity contribution in [2.45, 2.75) is 69.5 Å². The van der Waals surface area contributed by atoms with Crippen LogP contribution >= 0.6 is 11.8 Å². The van der Waals surface area contributed by atoms with E-state index >= 15 is 0 Å². The van der Waals surface area contributed by atoms with E-state index in [1.165, 1.54) is 36.6 Å². The summed E-state index contributed by atoms with van der Waals surface area (Å²) in [6, 6.07) is 8.85. The van der Waals surface area contributed by atoms with Crippen LogP contribution in [0.2, 0.25) is 0 Å². The van der Waals surface area contributed by atoms with Crippen molar-refractivity contribution in [3.63, 3.8) is 0 Å². The maximum Gasteiger partial charge on any atom is 0.233 e. The third-order valence-electron chi connectivity index (χ3n) is 6.50. The third kappa shape index (κ3) is 5.99. The second kappa shape index (κ2) is 11.0. The molecule has 0 spiro atoms. The van der Waals surface area contributed by atoms with Crippen LogP contribution in [0.4, 0.5) is 0 Å². The van der Waals surface area contributed by atoms with Crippen molar-refractivity contribution in [1.29, 1.82) is 0 Å². The van der Waals surface area contributed by atoms with Gasteiger partial charge in [0, 0.05) is 13.1 Å². The van der Waals surface area contributed by atoms with Crippen molar-refractivity contribution in [2.24, 2.45) is 5.92 Å². The Balaban J connectivity index is 1.17. The summed E-state index contributed by atoms with van der Waals surface area (Å²) in [6.07, 6.45) is 9.20. The summed E-state index contributed by atoms with van der Waals surface area (Å²) in [5, 5.41) is 12.9. The number of rotatable bonds is 9. The number of hydrogen-bond acceptors (Lipinski definition) is 6. The Hall–Kier alpha value is -2.09. The molecule has 4 rings (SSSR count). The summed E-state index contributed by atoms with van der Waals surface area (Å²) in [5.41, 5.74) is 1.36. The first-order valence-corrected chi connectivity index (χ1v) is 12.6. The van der Waals surface area contributed by atoms with Crippen molar-refractivity contribution in [1.82, 2.24) is 25.1 Å². The molecule has 1 aliphatic heterocycles. The lowest BCUT2D eigenvalue weighted by Crippen LogP contribution is -2.39. The lowest BCUT2D eigenvalue weighted by molar-refractivity contribution is -0.129. The van der Waals surface area contributed by atoms with E-state index in [1.54, 1.807) is 0 Å². The van der Waals surface area contributed by atoms with Crippen LogP contribution in [-0.2, 0) is 11.2 Å². The molecule has 2 heterocycles. The van der Waals surface area contributed by atoms with Crippen LogP contribution in [0.1, 0.15) is 63.5 Å². The van der Waals surface area contributed by atoms with Crippen molar-refractivity contribution in [2.75, 3.05) is 25.4 Å². The average Bonchev–Trinajstić information content (AvgIpc) is 3.49. The highest BCUT2D eigenvalue weighted by Crippen LogP contribution is 2.31. The first-order valence-electron chi connectivity index (χ1n) is 11.6. The molecule has 1 saturated heterocycles. The van der Waals surface area contributed by atoms with Gasteiger partial charge in [-0.15, -0.1) is 5.10 Å². The molecule has 2 aromatic rings. The molecule has 1 amide bonds. The zero-order chi connectivity index (χ0) is 21.5. The van der Waals surface area contributed by atoms with Crippen molar-refractivity contribution >= 4 is 17.7 Å². The highest BCUT2D eigenvalue weighted by atomic mass is 32.2. The number of likely N-dealkylation sites (tertiary alicyclic amines) is 1. The van der Waals surface area contributed by atoms with Gasteiger partial charge in [-0.05, 0) is 79.5 Å². The molecule has 2 fully saturated rings. The van der Waals surface area contributed by atoms with E-state index in [0.29, 0.717) is 24.3 Å².